The van der Waals surface area contributed by atoms with Gasteiger partial charge in [-0.1, -0.05) is 42.1 Å². The number of fused-ring (bicyclic) bond motifs is 1. The number of benzene rings is 1. The Morgan fingerprint density at radius 3 is 2.65 bits per heavy atom. The Balaban J connectivity index is 1.21. The first kappa shape index (κ1) is 20.2. The van der Waals surface area contributed by atoms with Gasteiger partial charge in [-0.05, 0) is 49.9 Å². The fraction of sp³-hybridized carbons (Fsp3) is 0.478. The van der Waals surface area contributed by atoms with Crippen molar-refractivity contribution >= 4 is 28.5 Å². The molecule has 2 aliphatic rings. The van der Waals surface area contributed by atoms with Crippen LogP contribution in [0, 0.1) is 0 Å². The largest absolute Gasteiger partial charge is 0.339 e. The molecule has 0 unspecified atom stereocenters. The van der Waals surface area contributed by atoms with Crippen molar-refractivity contribution in [2.75, 3.05) is 13.1 Å². The van der Waals surface area contributed by atoms with Crippen molar-refractivity contribution in [2.45, 2.75) is 56.9 Å². The Kier molecular flexibility index (Phi) is 5.76. The number of carbonyl (C=O) groups is 1. The summed E-state index contributed by atoms with van der Waals surface area (Å²) >= 11 is 6.23. The van der Waals surface area contributed by atoms with E-state index < -0.39 is 0 Å². The van der Waals surface area contributed by atoms with Gasteiger partial charge >= 0.3 is 6.03 Å². The van der Waals surface area contributed by atoms with Crippen molar-refractivity contribution in [1.29, 1.82) is 0 Å². The van der Waals surface area contributed by atoms with Crippen LogP contribution in [0.25, 0.3) is 22.4 Å². The van der Waals surface area contributed by atoms with Crippen LogP contribution in [0.1, 0.15) is 56.8 Å². The number of rotatable bonds is 3. The molecule has 1 aliphatic carbocycles. The molecular weight excluding hydrogens is 414 g/mol. The van der Waals surface area contributed by atoms with Gasteiger partial charge in [-0.25, -0.2) is 9.78 Å². The van der Waals surface area contributed by atoms with Gasteiger partial charge in [0, 0.05) is 35.5 Å². The van der Waals surface area contributed by atoms with Crippen LogP contribution >= 0.6 is 11.6 Å². The Bertz CT molecular complexity index is 1070. The minimum absolute atomic E-state index is 0.0654. The Labute approximate surface area is 186 Å². The van der Waals surface area contributed by atoms with Gasteiger partial charge in [-0.2, -0.15) is 4.98 Å². The van der Waals surface area contributed by atoms with E-state index in [0.717, 1.165) is 36.6 Å². The summed E-state index contributed by atoms with van der Waals surface area (Å²) < 4.78 is 5.57. The first-order valence-electron chi connectivity index (χ1n) is 11.1. The second-order valence-corrected chi connectivity index (χ2v) is 8.91. The van der Waals surface area contributed by atoms with Crippen LogP contribution in [0.15, 0.2) is 34.9 Å². The number of halogens is 1. The fourth-order valence-electron chi connectivity index (χ4n) is 4.59. The predicted octanol–water partition coefficient (Wildman–Crippen LogP) is 5.16. The summed E-state index contributed by atoms with van der Waals surface area (Å²) in [6, 6.07) is 9.83. The van der Waals surface area contributed by atoms with E-state index >= 15 is 0 Å². The van der Waals surface area contributed by atoms with Gasteiger partial charge in [0.15, 0.2) is 0 Å². The van der Waals surface area contributed by atoms with E-state index in [4.69, 9.17) is 16.1 Å². The van der Waals surface area contributed by atoms with Gasteiger partial charge in [0.25, 0.3) is 0 Å². The summed E-state index contributed by atoms with van der Waals surface area (Å²) in [5, 5.41) is 8.92. The first-order chi connectivity index (χ1) is 15.2. The molecule has 8 heteroatoms. The number of likely N-dealkylation sites (tertiary alicyclic amines) is 1. The van der Waals surface area contributed by atoms with Crippen LogP contribution in [-0.4, -0.2) is 45.2 Å². The summed E-state index contributed by atoms with van der Waals surface area (Å²) in [7, 11) is 0. The zero-order valence-electron chi connectivity index (χ0n) is 17.4. The van der Waals surface area contributed by atoms with Crippen LogP contribution in [0.4, 0.5) is 4.79 Å². The summed E-state index contributed by atoms with van der Waals surface area (Å²) in [6.45, 7) is 1.40. The molecule has 162 valence electrons. The molecule has 3 aromatic rings. The molecule has 2 amide bonds. The summed E-state index contributed by atoms with van der Waals surface area (Å²) in [5.41, 5.74) is 1.46. The molecule has 31 heavy (non-hydrogen) atoms. The maximum Gasteiger partial charge on any atom is 0.317 e. The van der Waals surface area contributed by atoms with E-state index in [2.05, 4.69) is 20.4 Å². The molecule has 1 aliphatic heterocycles. The molecule has 5 rings (SSSR count). The van der Waals surface area contributed by atoms with Gasteiger partial charge in [-0.15, -0.1) is 0 Å². The monoisotopic (exact) mass is 439 g/mol. The molecule has 0 bridgehead atoms. The Hall–Kier alpha value is -2.67. The zero-order chi connectivity index (χ0) is 21.2. The molecule has 0 radical (unpaired) electrons. The predicted molar refractivity (Wildman–Crippen MR) is 119 cm³/mol. The van der Waals surface area contributed by atoms with Crippen LogP contribution in [0.2, 0.25) is 5.02 Å². The van der Waals surface area contributed by atoms with E-state index in [1.165, 1.54) is 19.3 Å². The molecule has 0 spiro atoms. The molecule has 7 nitrogen and oxygen atoms in total. The van der Waals surface area contributed by atoms with E-state index in [1.54, 1.807) is 0 Å². The minimum atomic E-state index is 0.0654. The van der Waals surface area contributed by atoms with Gasteiger partial charge < -0.3 is 14.7 Å². The molecule has 1 saturated heterocycles. The Morgan fingerprint density at radius 1 is 1.03 bits per heavy atom. The van der Waals surface area contributed by atoms with Crippen molar-refractivity contribution in [1.82, 2.24) is 25.3 Å². The molecular formula is C23H26ClN5O2. The minimum Gasteiger partial charge on any atom is -0.339 e. The molecule has 1 saturated carbocycles. The van der Waals surface area contributed by atoms with Gasteiger partial charge in [0.2, 0.25) is 11.7 Å². The number of nitrogens with one attached hydrogen (secondary N) is 1. The SMILES string of the molecule is O=C(NC1CCCCC1)N1CCC(c2nc(-c3ccc4c(Cl)cccc4n3)no2)CC1. The number of hydrogen-bond acceptors (Lipinski definition) is 5. The van der Waals surface area contributed by atoms with Crippen molar-refractivity contribution in [3.63, 3.8) is 0 Å². The number of nitrogens with zero attached hydrogens (tertiary/aromatic N) is 4. The topological polar surface area (TPSA) is 84.2 Å². The van der Waals surface area contributed by atoms with E-state index in [9.17, 15) is 4.79 Å². The average molecular weight is 440 g/mol. The molecule has 1 N–H and O–H groups in total. The number of piperidine rings is 1. The van der Waals surface area contributed by atoms with Crippen LogP contribution in [0.5, 0.6) is 0 Å². The third-order valence-electron chi connectivity index (χ3n) is 6.41. The van der Waals surface area contributed by atoms with Crippen molar-refractivity contribution in [2.24, 2.45) is 0 Å². The maximum absolute atomic E-state index is 12.6. The van der Waals surface area contributed by atoms with Crippen LogP contribution in [-0.2, 0) is 0 Å². The third-order valence-corrected chi connectivity index (χ3v) is 6.74. The van der Waals surface area contributed by atoms with Gasteiger partial charge in [0.05, 0.1) is 5.52 Å². The third kappa shape index (κ3) is 4.37. The lowest BCUT2D eigenvalue weighted by atomic mass is 9.95. The average Bonchev–Trinajstić information content (AvgIpc) is 3.30. The zero-order valence-corrected chi connectivity index (χ0v) is 18.1. The molecule has 3 heterocycles. The normalized spacial score (nSPS) is 18.4. The lowest BCUT2D eigenvalue weighted by Gasteiger charge is -2.32. The maximum atomic E-state index is 12.6. The van der Waals surface area contributed by atoms with Gasteiger partial charge in [-0.3, -0.25) is 0 Å². The number of amides is 2. The fourth-order valence-corrected chi connectivity index (χ4v) is 4.82. The summed E-state index contributed by atoms with van der Waals surface area (Å²) in [4.78, 5) is 23.7. The second kappa shape index (κ2) is 8.83. The quantitative estimate of drug-likeness (QED) is 0.609. The van der Waals surface area contributed by atoms with E-state index in [-0.39, 0.29) is 11.9 Å². The summed E-state index contributed by atoms with van der Waals surface area (Å²) in [6.07, 6.45) is 7.55. The highest BCUT2D eigenvalue weighted by Crippen LogP contribution is 2.30. The number of hydrogen-bond donors (Lipinski definition) is 1. The second-order valence-electron chi connectivity index (χ2n) is 8.50. The molecule has 1 aromatic carbocycles. The number of aromatic nitrogens is 3. The smallest absolute Gasteiger partial charge is 0.317 e. The van der Waals surface area contributed by atoms with Crippen molar-refractivity contribution in [3.8, 4) is 11.5 Å². The Morgan fingerprint density at radius 2 is 1.84 bits per heavy atom. The summed E-state index contributed by atoms with van der Waals surface area (Å²) in [5.74, 6) is 1.26. The van der Waals surface area contributed by atoms with Crippen LogP contribution < -0.4 is 5.32 Å². The van der Waals surface area contributed by atoms with E-state index in [1.807, 2.05) is 35.2 Å². The molecule has 0 atom stereocenters. The molecule has 2 aromatic heterocycles. The lowest BCUT2D eigenvalue weighted by molar-refractivity contribution is 0.169. The van der Waals surface area contributed by atoms with Crippen LogP contribution in [0.3, 0.4) is 0 Å². The highest BCUT2D eigenvalue weighted by molar-refractivity contribution is 6.35. The van der Waals surface area contributed by atoms with Gasteiger partial charge in [0.1, 0.15) is 5.69 Å². The lowest BCUT2D eigenvalue weighted by Crippen LogP contribution is -2.48. The van der Waals surface area contributed by atoms with E-state index in [0.29, 0.717) is 41.6 Å². The first-order valence-corrected chi connectivity index (χ1v) is 11.5. The highest BCUT2D eigenvalue weighted by Gasteiger charge is 2.29. The van der Waals surface area contributed by atoms with Crippen molar-refractivity contribution < 1.29 is 9.32 Å². The highest BCUT2D eigenvalue weighted by atomic mass is 35.5. The molecule has 2 fully saturated rings. The number of pyridine rings is 1. The number of urea groups is 1. The van der Waals surface area contributed by atoms with Crippen molar-refractivity contribution in [3.05, 3.63) is 41.2 Å². The number of carbonyl (C=O) groups excluding carboxylic acids is 1. The standard InChI is InChI=1S/C23H26ClN5O2/c24-18-7-4-8-19-17(18)9-10-20(26-19)21-27-22(31-28-21)15-11-13-29(14-12-15)23(30)25-16-5-2-1-3-6-16/h4,7-10,15-16H,1-3,5-6,11-14H2,(H,25,30).